The highest BCUT2D eigenvalue weighted by atomic mass is 32.2. The van der Waals surface area contributed by atoms with E-state index in [0.717, 1.165) is 32.1 Å². The van der Waals surface area contributed by atoms with Crippen LogP contribution in [-0.4, -0.2) is 49.3 Å². The number of methoxy groups -OCH3 is 1. The molecule has 0 N–H and O–H groups in total. The minimum atomic E-state index is -3.77. The van der Waals surface area contributed by atoms with E-state index in [1.54, 1.807) is 29.4 Å². The van der Waals surface area contributed by atoms with Crippen LogP contribution >= 0.6 is 0 Å². The molecular formula is C22H28N2O5S. The quantitative estimate of drug-likeness (QED) is 0.667. The van der Waals surface area contributed by atoms with Gasteiger partial charge in [-0.25, -0.2) is 8.42 Å². The number of hydrogen-bond donors (Lipinski definition) is 0. The molecule has 1 amide bonds. The van der Waals surface area contributed by atoms with E-state index in [1.165, 1.54) is 17.5 Å². The Bertz CT molecular complexity index is 999. The third kappa shape index (κ3) is 4.11. The summed E-state index contributed by atoms with van der Waals surface area (Å²) in [4.78, 5) is 15.1. The van der Waals surface area contributed by atoms with Crippen molar-refractivity contribution in [2.75, 3.05) is 13.7 Å². The lowest BCUT2D eigenvalue weighted by Crippen LogP contribution is -2.42. The second-order valence-electron chi connectivity index (χ2n) is 8.07. The van der Waals surface area contributed by atoms with Crippen molar-refractivity contribution in [1.82, 2.24) is 9.21 Å². The highest BCUT2D eigenvalue weighted by Crippen LogP contribution is 2.34. The van der Waals surface area contributed by atoms with Gasteiger partial charge in [0.25, 0.3) is 5.91 Å². The van der Waals surface area contributed by atoms with E-state index >= 15 is 0 Å². The molecule has 2 fully saturated rings. The van der Waals surface area contributed by atoms with Crippen molar-refractivity contribution in [1.29, 1.82) is 0 Å². The molecule has 1 atom stereocenters. The Morgan fingerprint density at radius 1 is 1.23 bits per heavy atom. The number of carbonyl (C=O) groups excluding carboxylic acids is 1. The van der Waals surface area contributed by atoms with E-state index in [9.17, 15) is 13.2 Å². The van der Waals surface area contributed by atoms with Gasteiger partial charge in [0.15, 0.2) is 0 Å². The second kappa shape index (κ2) is 8.43. The standard InChI is InChI=1S/C22H28N2O5S/c1-16-6-3-4-12-24(16)30(26,27)21-14-17(8-11-20(21)28-2)22(25)23(18-9-10-18)15-19-7-5-13-29-19/h5,7-8,11,13-14,16,18H,3-4,6,9-10,12,15H2,1-2H3. The second-order valence-corrected chi connectivity index (χ2v) is 9.93. The van der Waals surface area contributed by atoms with Gasteiger partial charge in [-0.2, -0.15) is 4.31 Å². The fourth-order valence-electron chi connectivity index (χ4n) is 4.06. The largest absolute Gasteiger partial charge is 0.495 e. The van der Waals surface area contributed by atoms with Gasteiger partial charge in [0.05, 0.1) is 19.9 Å². The van der Waals surface area contributed by atoms with Crippen molar-refractivity contribution < 1.29 is 22.4 Å². The highest BCUT2D eigenvalue weighted by molar-refractivity contribution is 7.89. The van der Waals surface area contributed by atoms with Crippen molar-refractivity contribution >= 4 is 15.9 Å². The van der Waals surface area contributed by atoms with Crippen LogP contribution in [0.4, 0.5) is 0 Å². The molecule has 1 saturated carbocycles. The van der Waals surface area contributed by atoms with Crippen molar-refractivity contribution in [3.05, 3.63) is 47.9 Å². The zero-order valence-electron chi connectivity index (χ0n) is 17.4. The minimum Gasteiger partial charge on any atom is -0.495 e. The molecule has 1 saturated heterocycles. The highest BCUT2D eigenvalue weighted by Gasteiger charge is 2.36. The maximum Gasteiger partial charge on any atom is 0.254 e. The first-order chi connectivity index (χ1) is 14.4. The van der Waals surface area contributed by atoms with Gasteiger partial charge in [0, 0.05) is 24.2 Å². The van der Waals surface area contributed by atoms with Crippen LogP contribution in [0.15, 0.2) is 45.9 Å². The molecule has 162 valence electrons. The molecule has 1 unspecified atom stereocenters. The van der Waals surface area contributed by atoms with Crippen LogP contribution in [0.3, 0.4) is 0 Å². The molecular weight excluding hydrogens is 404 g/mol. The van der Waals surface area contributed by atoms with Crippen molar-refractivity contribution in [2.45, 2.75) is 62.6 Å². The molecule has 1 aliphatic heterocycles. The number of furan rings is 1. The van der Waals surface area contributed by atoms with Crippen molar-refractivity contribution in [3.63, 3.8) is 0 Å². The van der Waals surface area contributed by atoms with Gasteiger partial charge >= 0.3 is 0 Å². The third-order valence-corrected chi connectivity index (χ3v) is 7.93. The Kier molecular flexibility index (Phi) is 5.88. The average Bonchev–Trinajstić information content (AvgIpc) is 3.46. The van der Waals surface area contributed by atoms with Gasteiger partial charge < -0.3 is 14.1 Å². The lowest BCUT2D eigenvalue weighted by Gasteiger charge is -2.32. The molecule has 1 aromatic heterocycles. The topological polar surface area (TPSA) is 80.1 Å². The smallest absolute Gasteiger partial charge is 0.254 e. The zero-order chi connectivity index (χ0) is 21.3. The van der Waals surface area contributed by atoms with Crippen LogP contribution < -0.4 is 4.74 Å². The molecule has 4 rings (SSSR count). The zero-order valence-corrected chi connectivity index (χ0v) is 18.2. The van der Waals surface area contributed by atoms with Gasteiger partial charge in [-0.05, 0) is 62.9 Å². The van der Waals surface area contributed by atoms with Gasteiger partial charge in [0.1, 0.15) is 16.4 Å². The van der Waals surface area contributed by atoms with Gasteiger partial charge in [-0.15, -0.1) is 0 Å². The maximum atomic E-state index is 13.4. The van der Waals surface area contributed by atoms with E-state index in [4.69, 9.17) is 9.15 Å². The Morgan fingerprint density at radius 2 is 2.03 bits per heavy atom. The monoisotopic (exact) mass is 432 g/mol. The number of rotatable bonds is 7. The Balaban J connectivity index is 1.67. The predicted molar refractivity (Wildman–Crippen MR) is 112 cm³/mol. The van der Waals surface area contributed by atoms with Crippen molar-refractivity contribution in [3.8, 4) is 5.75 Å². The lowest BCUT2D eigenvalue weighted by atomic mass is 10.1. The third-order valence-electron chi connectivity index (χ3n) is 5.89. The molecule has 2 aliphatic rings. The molecule has 2 heterocycles. The van der Waals surface area contributed by atoms with E-state index in [1.807, 2.05) is 13.0 Å². The Labute approximate surface area is 177 Å². The molecule has 30 heavy (non-hydrogen) atoms. The van der Waals surface area contributed by atoms with Crippen LogP contribution in [0.1, 0.15) is 55.1 Å². The summed E-state index contributed by atoms with van der Waals surface area (Å²) in [6.07, 6.45) is 6.16. The molecule has 0 bridgehead atoms. The van der Waals surface area contributed by atoms with Crippen LogP contribution in [0, 0.1) is 0 Å². The van der Waals surface area contributed by atoms with Crippen molar-refractivity contribution in [2.24, 2.45) is 0 Å². The number of hydrogen-bond acceptors (Lipinski definition) is 5. The number of ether oxygens (including phenoxy) is 1. The summed E-state index contributed by atoms with van der Waals surface area (Å²) in [6.45, 7) is 2.78. The first kappa shape index (κ1) is 20.9. The lowest BCUT2D eigenvalue weighted by molar-refractivity contribution is 0.0717. The fraction of sp³-hybridized carbons (Fsp3) is 0.500. The molecule has 0 radical (unpaired) electrons. The number of carbonyl (C=O) groups is 1. The van der Waals surface area contributed by atoms with Gasteiger partial charge in [0.2, 0.25) is 10.0 Å². The fourth-order valence-corrected chi connectivity index (χ4v) is 5.94. The minimum absolute atomic E-state index is 0.0540. The number of piperidine rings is 1. The van der Waals surface area contributed by atoms with Crippen LogP contribution in [0.5, 0.6) is 5.75 Å². The molecule has 7 nitrogen and oxygen atoms in total. The van der Waals surface area contributed by atoms with E-state index in [-0.39, 0.29) is 28.6 Å². The normalized spacial score (nSPS) is 20.1. The maximum absolute atomic E-state index is 13.4. The Morgan fingerprint density at radius 3 is 2.67 bits per heavy atom. The summed E-state index contributed by atoms with van der Waals surface area (Å²) in [7, 11) is -2.32. The van der Waals surface area contributed by atoms with E-state index < -0.39 is 10.0 Å². The number of benzene rings is 1. The molecule has 1 aromatic carbocycles. The first-order valence-corrected chi connectivity index (χ1v) is 11.9. The van der Waals surface area contributed by atoms with E-state index in [2.05, 4.69) is 0 Å². The average molecular weight is 433 g/mol. The number of amides is 1. The predicted octanol–water partition coefficient (Wildman–Crippen LogP) is 3.66. The summed E-state index contributed by atoms with van der Waals surface area (Å²) in [6, 6.07) is 8.40. The SMILES string of the molecule is COc1ccc(C(=O)N(Cc2ccco2)C2CC2)cc1S(=O)(=O)N1CCCCC1C. The molecule has 0 spiro atoms. The molecule has 2 aromatic rings. The summed E-state index contributed by atoms with van der Waals surface area (Å²) in [5, 5.41) is 0. The summed E-state index contributed by atoms with van der Waals surface area (Å²) >= 11 is 0. The molecule has 8 heteroatoms. The van der Waals surface area contributed by atoms with Crippen LogP contribution in [0.25, 0.3) is 0 Å². The summed E-state index contributed by atoms with van der Waals surface area (Å²) < 4.78 is 39.2. The summed E-state index contributed by atoms with van der Waals surface area (Å²) in [5.41, 5.74) is 0.345. The van der Waals surface area contributed by atoms with Gasteiger partial charge in [-0.1, -0.05) is 6.42 Å². The number of nitrogens with zero attached hydrogens (tertiary/aromatic N) is 2. The van der Waals surface area contributed by atoms with E-state index in [0.29, 0.717) is 24.4 Å². The van der Waals surface area contributed by atoms with Crippen LogP contribution in [-0.2, 0) is 16.6 Å². The van der Waals surface area contributed by atoms with Gasteiger partial charge in [-0.3, -0.25) is 4.79 Å². The summed E-state index contributed by atoms with van der Waals surface area (Å²) in [5.74, 6) is 0.770. The van der Waals surface area contributed by atoms with Crippen LogP contribution in [0.2, 0.25) is 0 Å². The first-order valence-electron chi connectivity index (χ1n) is 10.4. The number of sulfonamides is 1. The molecule has 1 aliphatic carbocycles. The Hall–Kier alpha value is -2.32.